The fourth-order valence-electron chi connectivity index (χ4n) is 7.88. The first-order chi connectivity index (χ1) is 13.8. The lowest BCUT2D eigenvalue weighted by molar-refractivity contribution is -0.124. The number of piperidine rings is 1. The van der Waals surface area contributed by atoms with Gasteiger partial charge in [0.15, 0.2) is 0 Å². The summed E-state index contributed by atoms with van der Waals surface area (Å²) < 4.78 is 0. The second kappa shape index (κ2) is 7.22. The molecule has 156 valence electrons. The summed E-state index contributed by atoms with van der Waals surface area (Å²) in [6.45, 7) is 6.39. The average Bonchev–Trinajstić information content (AvgIpc) is 3.44. The number of nitrogens with one attached hydrogen (secondary N) is 2. The van der Waals surface area contributed by atoms with E-state index in [0.717, 1.165) is 37.1 Å². The van der Waals surface area contributed by atoms with Crippen LogP contribution >= 0.6 is 0 Å². The van der Waals surface area contributed by atoms with Gasteiger partial charge in [0, 0.05) is 62.2 Å². The van der Waals surface area contributed by atoms with Crippen molar-refractivity contribution in [2.24, 2.45) is 11.8 Å². The molecule has 2 N–H and O–H groups in total. The summed E-state index contributed by atoms with van der Waals surface area (Å²) in [6, 6.07) is 3.05. The van der Waals surface area contributed by atoms with Gasteiger partial charge in [0.05, 0.1) is 12.7 Å². The summed E-state index contributed by atoms with van der Waals surface area (Å²) in [5.41, 5.74) is 0. The second-order valence-corrected chi connectivity index (χ2v) is 10.4. The van der Waals surface area contributed by atoms with E-state index in [-0.39, 0.29) is 5.91 Å². The van der Waals surface area contributed by atoms with Gasteiger partial charge in [-0.15, -0.1) is 0 Å². The highest BCUT2D eigenvalue weighted by atomic mass is 16.2. The zero-order chi connectivity index (χ0) is 18.7. The van der Waals surface area contributed by atoms with Crippen molar-refractivity contribution in [1.82, 2.24) is 25.3 Å². The van der Waals surface area contributed by atoms with Crippen LogP contribution in [-0.2, 0) is 4.79 Å². The maximum atomic E-state index is 11.8. The quantitative estimate of drug-likeness (QED) is 0.735. The predicted octanol–water partition coefficient (Wildman–Crippen LogP) is 0.834. The van der Waals surface area contributed by atoms with Gasteiger partial charge in [-0.2, -0.15) is 0 Å². The predicted molar refractivity (Wildman–Crippen MR) is 109 cm³/mol. The van der Waals surface area contributed by atoms with Crippen molar-refractivity contribution >= 4 is 5.91 Å². The molecule has 0 aromatic heterocycles. The van der Waals surface area contributed by atoms with E-state index in [0.29, 0.717) is 24.7 Å². The molecule has 0 spiro atoms. The smallest absolute Gasteiger partial charge is 0.234 e. The fraction of sp³-hybridized carbons (Fsp3) is 0.955. The topological polar surface area (TPSA) is 50.9 Å². The van der Waals surface area contributed by atoms with Crippen molar-refractivity contribution in [3.8, 4) is 0 Å². The Morgan fingerprint density at radius 3 is 2.61 bits per heavy atom. The standard InChI is InChI=1S/C22H37N5O/c28-21-14-25-13-15(10-17(25)11-23-21)22-24-12-18(20-7-3-9-27(20)22)19-6-1-4-16-5-2-8-26(16)19/h15-20,22,24H,1-14H2,(H,23,28). The molecule has 6 rings (SSSR count). The molecule has 1 amide bonds. The Kier molecular flexibility index (Phi) is 4.67. The minimum atomic E-state index is 0.213. The Bertz CT molecular complexity index is 614. The molecule has 7 atom stereocenters. The van der Waals surface area contributed by atoms with Crippen LogP contribution in [-0.4, -0.2) is 90.2 Å². The second-order valence-electron chi connectivity index (χ2n) is 10.4. The third-order valence-corrected chi connectivity index (χ3v) is 9.02. The first-order valence-corrected chi connectivity index (χ1v) is 12.0. The molecule has 28 heavy (non-hydrogen) atoms. The van der Waals surface area contributed by atoms with E-state index in [1.54, 1.807) is 0 Å². The highest BCUT2D eigenvalue weighted by Gasteiger charge is 2.50. The van der Waals surface area contributed by atoms with Crippen LogP contribution in [0.25, 0.3) is 0 Å². The zero-order valence-corrected chi connectivity index (χ0v) is 17.2. The van der Waals surface area contributed by atoms with Gasteiger partial charge in [-0.1, -0.05) is 6.42 Å². The van der Waals surface area contributed by atoms with Crippen LogP contribution in [0.3, 0.4) is 0 Å². The Hall–Kier alpha value is -0.690. The van der Waals surface area contributed by atoms with Crippen LogP contribution in [0.5, 0.6) is 0 Å². The fourth-order valence-corrected chi connectivity index (χ4v) is 7.88. The van der Waals surface area contributed by atoms with Crippen LogP contribution in [0.2, 0.25) is 0 Å². The molecule has 7 unspecified atom stereocenters. The van der Waals surface area contributed by atoms with Gasteiger partial charge in [-0.05, 0) is 51.5 Å². The molecule has 6 fully saturated rings. The summed E-state index contributed by atoms with van der Waals surface area (Å²) in [6.07, 6.45) is 11.7. The van der Waals surface area contributed by atoms with E-state index in [1.165, 1.54) is 71.0 Å². The molecule has 6 heterocycles. The van der Waals surface area contributed by atoms with Gasteiger partial charge in [-0.25, -0.2) is 0 Å². The third kappa shape index (κ3) is 2.94. The molecule has 6 saturated heterocycles. The van der Waals surface area contributed by atoms with E-state index in [2.05, 4.69) is 25.3 Å². The molecular formula is C22H37N5O. The minimum absolute atomic E-state index is 0.213. The van der Waals surface area contributed by atoms with Gasteiger partial charge in [0.2, 0.25) is 5.91 Å². The maximum absolute atomic E-state index is 11.8. The van der Waals surface area contributed by atoms with Crippen LogP contribution in [0.4, 0.5) is 0 Å². The molecule has 0 aromatic carbocycles. The van der Waals surface area contributed by atoms with Crippen molar-refractivity contribution in [3.05, 3.63) is 0 Å². The zero-order valence-electron chi connectivity index (χ0n) is 17.2. The molecule has 6 aliphatic rings. The summed E-state index contributed by atoms with van der Waals surface area (Å²) in [5.74, 6) is 1.70. The van der Waals surface area contributed by atoms with E-state index in [4.69, 9.17) is 0 Å². The number of rotatable bonds is 2. The Labute approximate surface area is 169 Å². The maximum Gasteiger partial charge on any atom is 0.234 e. The number of hydrogen-bond acceptors (Lipinski definition) is 5. The summed E-state index contributed by atoms with van der Waals surface area (Å²) in [5, 5.41) is 7.12. The van der Waals surface area contributed by atoms with E-state index in [1.807, 2.05) is 0 Å². The molecule has 0 radical (unpaired) electrons. The normalized spacial score (nSPS) is 47.6. The number of carbonyl (C=O) groups excluding carboxylic acids is 1. The lowest BCUT2D eigenvalue weighted by Gasteiger charge is -2.51. The molecule has 6 nitrogen and oxygen atoms in total. The summed E-state index contributed by atoms with van der Waals surface area (Å²) in [7, 11) is 0. The Balaban J connectivity index is 1.17. The molecule has 0 aliphatic carbocycles. The monoisotopic (exact) mass is 387 g/mol. The highest BCUT2D eigenvalue weighted by molar-refractivity contribution is 5.79. The average molecular weight is 388 g/mol. The molecule has 0 saturated carbocycles. The van der Waals surface area contributed by atoms with Gasteiger partial charge < -0.3 is 10.6 Å². The van der Waals surface area contributed by atoms with Gasteiger partial charge in [0.25, 0.3) is 0 Å². The number of piperazine rings is 1. The Morgan fingerprint density at radius 1 is 0.857 bits per heavy atom. The number of fused-ring (bicyclic) bond motifs is 3. The number of nitrogens with zero attached hydrogens (tertiary/aromatic N) is 3. The summed E-state index contributed by atoms with van der Waals surface area (Å²) in [4.78, 5) is 20.0. The van der Waals surface area contributed by atoms with Crippen LogP contribution in [0, 0.1) is 11.8 Å². The molecule has 0 bridgehead atoms. The van der Waals surface area contributed by atoms with Crippen molar-refractivity contribution < 1.29 is 4.79 Å². The third-order valence-electron chi connectivity index (χ3n) is 9.02. The lowest BCUT2D eigenvalue weighted by Crippen LogP contribution is -2.65. The minimum Gasteiger partial charge on any atom is -0.353 e. The van der Waals surface area contributed by atoms with Crippen LogP contribution in [0.1, 0.15) is 51.4 Å². The first kappa shape index (κ1) is 18.1. The van der Waals surface area contributed by atoms with Crippen LogP contribution < -0.4 is 10.6 Å². The van der Waals surface area contributed by atoms with Crippen molar-refractivity contribution in [3.63, 3.8) is 0 Å². The van der Waals surface area contributed by atoms with Gasteiger partial charge in [0.1, 0.15) is 0 Å². The lowest BCUT2D eigenvalue weighted by atomic mass is 9.80. The van der Waals surface area contributed by atoms with Crippen molar-refractivity contribution in [1.29, 1.82) is 0 Å². The molecule has 6 heteroatoms. The summed E-state index contributed by atoms with van der Waals surface area (Å²) >= 11 is 0. The molecular weight excluding hydrogens is 350 g/mol. The molecule has 6 aliphatic heterocycles. The highest BCUT2D eigenvalue weighted by Crippen LogP contribution is 2.41. The SMILES string of the molecule is O=C1CN2CC(C3NCC(C4CCCC5CCCN54)C4CCCN43)CC2CN1. The van der Waals surface area contributed by atoms with E-state index < -0.39 is 0 Å². The number of carbonyl (C=O) groups is 1. The van der Waals surface area contributed by atoms with Crippen molar-refractivity contribution in [2.75, 3.05) is 39.3 Å². The first-order valence-electron chi connectivity index (χ1n) is 12.0. The van der Waals surface area contributed by atoms with Gasteiger partial charge in [-0.3, -0.25) is 19.5 Å². The van der Waals surface area contributed by atoms with E-state index >= 15 is 0 Å². The van der Waals surface area contributed by atoms with E-state index in [9.17, 15) is 4.79 Å². The molecule has 0 aromatic rings. The largest absolute Gasteiger partial charge is 0.353 e. The van der Waals surface area contributed by atoms with Crippen LogP contribution in [0.15, 0.2) is 0 Å². The Morgan fingerprint density at radius 2 is 1.64 bits per heavy atom. The number of hydrogen-bond donors (Lipinski definition) is 2. The number of amides is 1. The van der Waals surface area contributed by atoms with Gasteiger partial charge >= 0.3 is 0 Å². The van der Waals surface area contributed by atoms with Crippen molar-refractivity contribution in [2.45, 2.75) is 81.7 Å².